The van der Waals surface area contributed by atoms with Gasteiger partial charge in [-0.25, -0.2) is 0 Å². The fourth-order valence-electron chi connectivity index (χ4n) is 9.62. The van der Waals surface area contributed by atoms with Crippen molar-refractivity contribution < 1.29 is 18.6 Å². The summed E-state index contributed by atoms with van der Waals surface area (Å²) in [5.41, 5.74) is 10.4. The van der Waals surface area contributed by atoms with Crippen LogP contribution in [0.15, 0.2) is 0 Å². The van der Waals surface area contributed by atoms with Gasteiger partial charge in [0.05, 0.1) is 0 Å². The summed E-state index contributed by atoms with van der Waals surface area (Å²) in [5.74, 6) is 7.37. The normalized spacial score (nSPS) is 42.4. The van der Waals surface area contributed by atoms with Crippen molar-refractivity contribution in [3.05, 3.63) is 33.4 Å². The molecule has 30 heavy (non-hydrogen) atoms. The number of hydrogen-bond acceptors (Lipinski definition) is 0. The van der Waals surface area contributed by atoms with E-state index in [9.17, 15) is 0 Å². The van der Waals surface area contributed by atoms with Gasteiger partial charge in [0.15, 0.2) is 0 Å². The predicted molar refractivity (Wildman–Crippen MR) is 127 cm³/mol. The molecule has 4 rings (SSSR count). The van der Waals surface area contributed by atoms with Crippen LogP contribution in [0.1, 0.15) is 107 Å². The Morgan fingerprint density at radius 2 is 1.33 bits per heavy atom. The van der Waals surface area contributed by atoms with Gasteiger partial charge in [-0.1, -0.05) is 48.5 Å². The van der Waals surface area contributed by atoms with Crippen LogP contribution in [-0.4, -0.2) is 0 Å². The fraction of sp³-hybridized carbons (Fsp3) is 0.793. The molecule has 0 saturated heterocycles. The first-order valence-electron chi connectivity index (χ1n) is 12.5. The quantitative estimate of drug-likeness (QED) is 0.407. The second kappa shape index (κ2) is 7.99. The van der Waals surface area contributed by atoms with E-state index >= 15 is 0 Å². The van der Waals surface area contributed by atoms with E-state index in [0.717, 1.165) is 47.3 Å². The van der Waals surface area contributed by atoms with Gasteiger partial charge < -0.3 is 0 Å². The standard InChI is InChI=1S/C29H46.V/c1-14(2)28-15(3)12-23-26-22(10)21(9)25-19(7)17(5)18(6)20(8)27(25)24(26)16(4)13-29(23,28)11;/h14-16,21-24,26,28H,12-13H2,1-11H3;/t15?,16?,21?,22-,23?,24?,26?,28+,29?;/m1./s1. The number of fused-ring (bicyclic) bond motifs is 5. The van der Waals surface area contributed by atoms with Gasteiger partial charge in [-0.15, -0.1) is 0 Å². The van der Waals surface area contributed by atoms with E-state index in [-0.39, 0.29) is 18.6 Å². The average Bonchev–Trinajstić information content (AvgIpc) is 2.90. The second-order valence-corrected chi connectivity index (χ2v) is 12.4. The Labute approximate surface area is 199 Å². The second-order valence-electron chi connectivity index (χ2n) is 12.4. The summed E-state index contributed by atoms with van der Waals surface area (Å²) < 4.78 is 0. The maximum absolute atomic E-state index is 2.70. The number of rotatable bonds is 1. The van der Waals surface area contributed by atoms with Crippen LogP contribution in [0, 0.1) is 74.5 Å². The summed E-state index contributed by atoms with van der Waals surface area (Å²) in [6.45, 7) is 27.6. The summed E-state index contributed by atoms with van der Waals surface area (Å²) in [6, 6.07) is 0. The summed E-state index contributed by atoms with van der Waals surface area (Å²) >= 11 is 0. The summed E-state index contributed by atoms with van der Waals surface area (Å²) in [5, 5.41) is 0. The Bertz CT molecular complexity index is 820. The van der Waals surface area contributed by atoms with Gasteiger partial charge in [-0.05, 0) is 133 Å². The molecule has 0 nitrogen and oxygen atoms in total. The van der Waals surface area contributed by atoms with Gasteiger partial charge in [0.1, 0.15) is 0 Å². The van der Waals surface area contributed by atoms with Crippen molar-refractivity contribution >= 4 is 0 Å². The van der Waals surface area contributed by atoms with Crippen LogP contribution in [0.4, 0.5) is 0 Å². The van der Waals surface area contributed by atoms with Gasteiger partial charge >= 0.3 is 0 Å². The molecule has 0 spiro atoms. The van der Waals surface area contributed by atoms with Gasteiger partial charge in [-0.3, -0.25) is 0 Å². The maximum Gasteiger partial charge on any atom is 0 e. The summed E-state index contributed by atoms with van der Waals surface area (Å²) in [6.07, 6.45) is 2.89. The summed E-state index contributed by atoms with van der Waals surface area (Å²) in [7, 11) is 0. The van der Waals surface area contributed by atoms with Crippen molar-refractivity contribution in [3.8, 4) is 0 Å². The van der Waals surface area contributed by atoms with Crippen molar-refractivity contribution in [2.75, 3.05) is 0 Å². The molecule has 0 amide bonds. The molecule has 0 N–H and O–H groups in total. The van der Waals surface area contributed by atoms with Crippen molar-refractivity contribution in [2.24, 2.45) is 46.8 Å². The minimum absolute atomic E-state index is 0. The molecule has 0 heterocycles. The summed E-state index contributed by atoms with van der Waals surface area (Å²) in [4.78, 5) is 0. The van der Waals surface area contributed by atoms with E-state index < -0.39 is 0 Å². The molecule has 2 fully saturated rings. The molecule has 3 aliphatic rings. The Kier molecular flexibility index (Phi) is 6.51. The molecule has 3 aliphatic carbocycles. The van der Waals surface area contributed by atoms with Crippen LogP contribution in [0.3, 0.4) is 0 Å². The molecule has 1 aromatic rings. The maximum atomic E-state index is 2.70. The first-order valence-corrected chi connectivity index (χ1v) is 12.5. The molecule has 0 aliphatic heterocycles. The molecule has 0 bridgehead atoms. The van der Waals surface area contributed by atoms with Crippen molar-refractivity contribution in [1.29, 1.82) is 0 Å². The molecule has 167 valence electrons. The van der Waals surface area contributed by atoms with Crippen LogP contribution in [-0.2, 0) is 18.6 Å². The average molecular weight is 446 g/mol. The first kappa shape index (κ1) is 24.4. The fourth-order valence-corrected chi connectivity index (χ4v) is 9.62. The first-order chi connectivity index (χ1) is 13.4. The van der Waals surface area contributed by atoms with Crippen LogP contribution in [0.25, 0.3) is 0 Å². The third-order valence-corrected chi connectivity index (χ3v) is 10.8. The predicted octanol–water partition coefficient (Wildman–Crippen LogP) is 8.35. The van der Waals surface area contributed by atoms with Crippen molar-refractivity contribution in [2.45, 2.75) is 101 Å². The van der Waals surface area contributed by atoms with E-state index in [2.05, 4.69) is 76.2 Å². The SMILES string of the molecule is Cc1c(C)c(C)c2c(c1C)C1C(C)CC3(C)C(CC(C)[C@@H]3C(C)C)C1[C@H](C)C2C.[V]. The molecule has 1 radical (unpaired) electrons. The molecule has 7 unspecified atom stereocenters. The van der Waals surface area contributed by atoms with Crippen LogP contribution >= 0.6 is 0 Å². The molecular formula is C29H46V. The van der Waals surface area contributed by atoms with Crippen molar-refractivity contribution in [3.63, 3.8) is 0 Å². The largest absolute Gasteiger partial charge is 0.0625 e. The van der Waals surface area contributed by atoms with E-state index in [1.54, 1.807) is 33.4 Å². The van der Waals surface area contributed by atoms with Crippen LogP contribution < -0.4 is 0 Å². The van der Waals surface area contributed by atoms with Gasteiger partial charge in [0, 0.05) is 18.6 Å². The third kappa shape index (κ3) is 3.06. The molecule has 1 heteroatoms. The smallest absolute Gasteiger partial charge is 0 e. The zero-order valence-electron chi connectivity index (χ0n) is 21.6. The van der Waals surface area contributed by atoms with Gasteiger partial charge in [0.2, 0.25) is 0 Å². The number of hydrogen-bond donors (Lipinski definition) is 0. The van der Waals surface area contributed by atoms with E-state index in [4.69, 9.17) is 0 Å². The molecular weight excluding hydrogens is 399 g/mol. The topological polar surface area (TPSA) is 0 Å². The molecule has 2 saturated carbocycles. The molecule has 9 atom stereocenters. The Balaban J connectivity index is 0.00000256. The van der Waals surface area contributed by atoms with Gasteiger partial charge in [0.25, 0.3) is 0 Å². The Morgan fingerprint density at radius 3 is 1.87 bits per heavy atom. The Hall–Kier alpha value is -0.196. The van der Waals surface area contributed by atoms with E-state index in [1.165, 1.54) is 12.8 Å². The number of benzene rings is 1. The van der Waals surface area contributed by atoms with E-state index in [0.29, 0.717) is 11.3 Å². The zero-order chi connectivity index (χ0) is 21.6. The molecule has 0 aromatic heterocycles. The zero-order valence-corrected chi connectivity index (χ0v) is 23.0. The minimum Gasteiger partial charge on any atom is -0.0625 e. The van der Waals surface area contributed by atoms with Gasteiger partial charge in [-0.2, -0.15) is 0 Å². The van der Waals surface area contributed by atoms with Crippen LogP contribution in [0.2, 0.25) is 0 Å². The van der Waals surface area contributed by atoms with E-state index in [1.807, 2.05) is 0 Å². The Morgan fingerprint density at radius 1 is 0.800 bits per heavy atom. The van der Waals surface area contributed by atoms with Crippen LogP contribution in [0.5, 0.6) is 0 Å². The minimum atomic E-state index is 0. The third-order valence-electron chi connectivity index (χ3n) is 10.8. The monoisotopic (exact) mass is 445 g/mol. The van der Waals surface area contributed by atoms with Crippen molar-refractivity contribution in [1.82, 2.24) is 0 Å². The molecule has 1 aromatic carbocycles.